The van der Waals surface area contributed by atoms with E-state index in [-0.39, 0.29) is 29.6 Å². The van der Waals surface area contributed by atoms with E-state index in [1.807, 2.05) is 18.9 Å². The van der Waals surface area contributed by atoms with Gasteiger partial charge in [-0.25, -0.2) is 9.37 Å². The maximum absolute atomic E-state index is 13.9. The number of aromatic hydroxyl groups is 1. The van der Waals surface area contributed by atoms with E-state index < -0.39 is 11.3 Å². The second kappa shape index (κ2) is 10.6. The Hall–Kier alpha value is -2.96. The summed E-state index contributed by atoms with van der Waals surface area (Å²) >= 11 is 0. The van der Waals surface area contributed by atoms with Gasteiger partial charge in [0.1, 0.15) is 11.6 Å². The molecule has 1 N–H and O–H groups in total. The van der Waals surface area contributed by atoms with Crippen molar-refractivity contribution in [2.75, 3.05) is 18.5 Å². The van der Waals surface area contributed by atoms with E-state index in [9.17, 15) is 19.1 Å². The number of Topliss-reactive ketones (excluding diaryl/α,β-unsaturated/α-hetero) is 1. The number of benzene rings is 1. The fourth-order valence-electron chi connectivity index (χ4n) is 4.34. The molecule has 0 saturated heterocycles. The van der Waals surface area contributed by atoms with E-state index >= 15 is 0 Å². The van der Waals surface area contributed by atoms with Crippen molar-refractivity contribution < 1.29 is 14.3 Å². The molecule has 2 heterocycles. The molecule has 1 aliphatic heterocycles. The third-order valence-electron chi connectivity index (χ3n) is 6.23. The van der Waals surface area contributed by atoms with Crippen LogP contribution in [-0.4, -0.2) is 34.0 Å². The van der Waals surface area contributed by atoms with Gasteiger partial charge in [0.2, 0.25) is 5.75 Å². The quantitative estimate of drug-likeness (QED) is 0.455. The maximum atomic E-state index is 13.9. The fourth-order valence-corrected chi connectivity index (χ4v) is 4.34. The lowest BCUT2D eigenvalue weighted by molar-refractivity contribution is 0.0973. The van der Waals surface area contributed by atoms with E-state index in [0.717, 1.165) is 37.7 Å². The molecule has 1 atom stereocenters. The highest BCUT2D eigenvalue weighted by atomic mass is 19.1. The van der Waals surface area contributed by atoms with Gasteiger partial charge in [0, 0.05) is 38.2 Å². The van der Waals surface area contributed by atoms with Crippen LogP contribution in [0.2, 0.25) is 0 Å². The van der Waals surface area contributed by atoms with Crippen molar-refractivity contribution in [3.05, 3.63) is 64.1 Å². The van der Waals surface area contributed by atoms with E-state index in [2.05, 4.69) is 11.6 Å². The Morgan fingerprint density at radius 3 is 2.91 bits per heavy atom. The minimum atomic E-state index is -0.571. The number of fused-ring (bicyclic) bond motifs is 1. The summed E-state index contributed by atoms with van der Waals surface area (Å²) in [6, 6.07) is 4.51. The number of carbonyl (C=O) groups excluding carboxylic acids is 1. The molecule has 172 valence electrons. The van der Waals surface area contributed by atoms with Crippen LogP contribution in [0, 0.1) is 5.82 Å². The summed E-state index contributed by atoms with van der Waals surface area (Å²) in [5.74, 6) is -0.601. The van der Waals surface area contributed by atoms with Crippen LogP contribution in [0.5, 0.6) is 5.75 Å². The van der Waals surface area contributed by atoms with Gasteiger partial charge in [0.05, 0.1) is 0 Å². The number of aromatic nitrogens is 2. The van der Waals surface area contributed by atoms with Crippen molar-refractivity contribution in [2.45, 2.75) is 64.3 Å². The predicted octanol–water partition coefficient (Wildman–Crippen LogP) is 4.59. The van der Waals surface area contributed by atoms with Gasteiger partial charge in [-0.1, -0.05) is 25.5 Å². The number of hydrogen-bond donors (Lipinski definition) is 1. The third kappa shape index (κ3) is 5.09. The third-order valence-corrected chi connectivity index (χ3v) is 6.23. The summed E-state index contributed by atoms with van der Waals surface area (Å²) < 4.78 is 15.4. The molecule has 0 radical (unpaired) electrons. The topological polar surface area (TPSA) is 75.4 Å². The molecule has 0 spiro atoms. The molecule has 1 aliphatic rings. The first kappa shape index (κ1) is 23.7. The van der Waals surface area contributed by atoms with Crippen LogP contribution in [0.25, 0.3) is 0 Å². The smallest absolute Gasteiger partial charge is 0.296 e. The first-order valence-electron chi connectivity index (χ1n) is 11.3. The van der Waals surface area contributed by atoms with Crippen molar-refractivity contribution >= 4 is 11.5 Å². The van der Waals surface area contributed by atoms with Crippen molar-refractivity contribution in [3.63, 3.8) is 0 Å². The molecular formula is C25H32FN3O3. The van der Waals surface area contributed by atoms with Crippen LogP contribution in [-0.2, 0) is 13.0 Å². The fraction of sp³-hybridized carbons (Fsp3) is 0.480. The van der Waals surface area contributed by atoms with Crippen molar-refractivity contribution in [1.82, 2.24) is 9.55 Å². The van der Waals surface area contributed by atoms with Gasteiger partial charge in [0.15, 0.2) is 11.5 Å². The highest BCUT2D eigenvalue weighted by molar-refractivity contribution is 5.96. The summed E-state index contributed by atoms with van der Waals surface area (Å²) in [6.07, 6.45) is 6.53. The highest BCUT2D eigenvalue weighted by Gasteiger charge is 2.26. The first-order valence-corrected chi connectivity index (χ1v) is 11.3. The van der Waals surface area contributed by atoms with Gasteiger partial charge in [-0.05, 0) is 49.8 Å². The molecule has 32 heavy (non-hydrogen) atoms. The second-order valence-electron chi connectivity index (χ2n) is 8.42. The lowest BCUT2D eigenvalue weighted by Crippen LogP contribution is -2.28. The number of nitrogens with zero attached hydrogens (tertiary/aromatic N) is 3. The summed E-state index contributed by atoms with van der Waals surface area (Å²) in [7, 11) is 1.87. The molecule has 7 heteroatoms. The van der Waals surface area contributed by atoms with Crippen LogP contribution < -0.4 is 10.5 Å². The van der Waals surface area contributed by atoms with Crippen LogP contribution in [0.1, 0.15) is 73.2 Å². The van der Waals surface area contributed by atoms with Gasteiger partial charge in [-0.3, -0.25) is 14.2 Å². The average Bonchev–Trinajstić information content (AvgIpc) is 3.00. The SMILES string of the molecule is C=CCCN(C)c1cc(F)ccc1CCC(=O)c1nc2n(c(=O)c1O)CCCCC2CC. The predicted molar refractivity (Wildman–Crippen MR) is 124 cm³/mol. The molecule has 2 aromatic rings. The number of ketones is 1. The Kier molecular flexibility index (Phi) is 7.83. The Balaban J connectivity index is 1.86. The lowest BCUT2D eigenvalue weighted by atomic mass is 9.99. The molecule has 0 fully saturated rings. The Labute approximate surface area is 188 Å². The molecule has 1 aromatic carbocycles. The summed E-state index contributed by atoms with van der Waals surface area (Å²) in [6.45, 7) is 6.95. The number of halogens is 1. The van der Waals surface area contributed by atoms with Crippen LogP contribution >= 0.6 is 0 Å². The Morgan fingerprint density at radius 2 is 2.19 bits per heavy atom. The molecule has 0 saturated carbocycles. The summed E-state index contributed by atoms with van der Waals surface area (Å²) in [4.78, 5) is 32.2. The van der Waals surface area contributed by atoms with Gasteiger partial charge >= 0.3 is 0 Å². The Morgan fingerprint density at radius 1 is 1.41 bits per heavy atom. The largest absolute Gasteiger partial charge is 0.501 e. The lowest BCUT2D eigenvalue weighted by Gasteiger charge is -2.22. The van der Waals surface area contributed by atoms with Crippen LogP contribution in [0.15, 0.2) is 35.6 Å². The minimum absolute atomic E-state index is 0.0637. The molecule has 1 aromatic heterocycles. The summed E-state index contributed by atoms with van der Waals surface area (Å²) in [5.41, 5.74) is 0.851. The van der Waals surface area contributed by atoms with Crippen LogP contribution in [0.4, 0.5) is 10.1 Å². The Bertz CT molecular complexity index is 1050. The van der Waals surface area contributed by atoms with E-state index in [1.54, 1.807) is 12.1 Å². The first-order chi connectivity index (χ1) is 15.4. The zero-order valence-corrected chi connectivity index (χ0v) is 18.9. The average molecular weight is 442 g/mol. The molecule has 0 bridgehead atoms. The number of anilines is 1. The van der Waals surface area contributed by atoms with E-state index in [0.29, 0.717) is 31.0 Å². The van der Waals surface area contributed by atoms with Gasteiger partial charge in [0.25, 0.3) is 5.56 Å². The molecule has 1 unspecified atom stereocenters. The van der Waals surface area contributed by atoms with Crippen molar-refractivity contribution in [2.24, 2.45) is 0 Å². The van der Waals surface area contributed by atoms with Crippen LogP contribution in [0.3, 0.4) is 0 Å². The molecule has 3 rings (SSSR count). The number of aryl methyl sites for hydroxylation is 1. The number of rotatable bonds is 9. The normalized spacial score (nSPS) is 15.7. The molecule has 6 nitrogen and oxygen atoms in total. The number of carbonyl (C=O) groups is 1. The van der Waals surface area contributed by atoms with Crippen molar-refractivity contribution in [1.29, 1.82) is 0 Å². The second-order valence-corrected chi connectivity index (χ2v) is 8.42. The van der Waals surface area contributed by atoms with E-state index in [4.69, 9.17) is 0 Å². The van der Waals surface area contributed by atoms with Gasteiger partial charge < -0.3 is 10.0 Å². The van der Waals surface area contributed by atoms with Gasteiger partial charge in [-0.15, -0.1) is 6.58 Å². The monoisotopic (exact) mass is 441 g/mol. The maximum Gasteiger partial charge on any atom is 0.296 e. The van der Waals surface area contributed by atoms with Crippen molar-refractivity contribution in [3.8, 4) is 5.75 Å². The number of hydrogen-bond acceptors (Lipinski definition) is 5. The molecular weight excluding hydrogens is 409 g/mol. The zero-order valence-electron chi connectivity index (χ0n) is 18.9. The highest BCUT2D eigenvalue weighted by Crippen LogP contribution is 2.29. The molecule has 0 aliphatic carbocycles. The standard InChI is InChI=1S/C25H32FN3O3/c1-4-6-14-28(3)20-16-19(26)12-10-18(20)11-13-21(30)22-23(31)25(32)29-15-8-7-9-17(5-2)24(29)27-22/h4,10,12,16-17,31H,1,5-9,11,13-15H2,2-3H3. The summed E-state index contributed by atoms with van der Waals surface area (Å²) in [5, 5.41) is 10.5. The van der Waals surface area contributed by atoms with Gasteiger partial charge in [-0.2, -0.15) is 0 Å². The molecule has 0 amide bonds. The zero-order chi connectivity index (χ0) is 23.3. The van der Waals surface area contributed by atoms with E-state index in [1.165, 1.54) is 16.7 Å². The minimum Gasteiger partial charge on any atom is -0.501 e.